The van der Waals surface area contributed by atoms with E-state index in [1.807, 2.05) is 0 Å². The second-order valence-corrected chi connectivity index (χ2v) is 4.93. The third-order valence-electron chi connectivity index (χ3n) is 3.67. The van der Waals surface area contributed by atoms with Gasteiger partial charge in [0.1, 0.15) is 0 Å². The zero-order chi connectivity index (χ0) is 11.8. The van der Waals surface area contributed by atoms with Crippen LogP contribution in [0.3, 0.4) is 0 Å². The molecule has 0 spiro atoms. The fourth-order valence-electron chi connectivity index (χ4n) is 2.54. The van der Waals surface area contributed by atoms with E-state index in [2.05, 4.69) is 12.2 Å². The lowest BCUT2D eigenvalue weighted by Gasteiger charge is -2.16. The van der Waals surface area contributed by atoms with Crippen molar-refractivity contribution in [3.63, 3.8) is 0 Å². The molecular formula is C13H25NO2. The van der Waals surface area contributed by atoms with E-state index in [9.17, 15) is 4.79 Å². The van der Waals surface area contributed by atoms with Crippen LogP contribution in [-0.2, 0) is 4.79 Å². The molecule has 1 rings (SSSR count). The van der Waals surface area contributed by atoms with Crippen LogP contribution in [0.5, 0.6) is 0 Å². The van der Waals surface area contributed by atoms with Crippen LogP contribution in [0.1, 0.15) is 58.3 Å². The molecule has 0 radical (unpaired) electrons. The van der Waals surface area contributed by atoms with Crippen LogP contribution in [0, 0.1) is 5.92 Å². The molecular weight excluding hydrogens is 202 g/mol. The van der Waals surface area contributed by atoms with Gasteiger partial charge in [-0.05, 0) is 38.1 Å². The number of nitrogens with one attached hydrogen (secondary N) is 1. The summed E-state index contributed by atoms with van der Waals surface area (Å²) in [7, 11) is 0. The SMILES string of the molecule is CCC1CCCC(NCCCC(=O)O)CC1. The first kappa shape index (κ1) is 13.5. The molecule has 2 N–H and O–H groups in total. The van der Waals surface area contributed by atoms with E-state index in [-0.39, 0.29) is 6.42 Å². The summed E-state index contributed by atoms with van der Waals surface area (Å²) in [5.74, 6) is 0.236. The van der Waals surface area contributed by atoms with E-state index >= 15 is 0 Å². The molecule has 1 saturated carbocycles. The predicted molar refractivity (Wildman–Crippen MR) is 65.5 cm³/mol. The lowest BCUT2D eigenvalue weighted by Crippen LogP contribution is -2.29. The van der Waals surface area contributed by atoms with Crippen molar-refractivity contribution in [3.8, 4) is 0 Å². The fourth-order valence-corrected chi connectivity index (χ4v) is 2.54. The minimum atomic E-state index is -0.686. The summed E-state index contributed by atoms with van der Waals surface area (Å²) >= 11 is 0. The first-order valence-corrected chi connectivity index (χ1v) is 6.67. The molecule has 3 heteroatoms. The van der Waals surface area contributed by atoms with E-state index in [1.54, 1.807) is 0 Å². The number of carboxylic acid groups (broad SMARTS) is 1. The number of hydrogen-bond donors (Lipinski definition) is 2. The largest absolute Gasteiger partial charge is 0.481 e. The maximum atomic E-state index is 10.4. The lowest BCUT2D eigenvalue weighted by atomic mass is 9.98. The molecule has 0 bridgehead atoms. The van der Waals surface area contributed by atoms with Crippen molar-refractivity contribution in [2.75, 3.05) is 6.54 Å². The fraction of sp³-hybridized carbons (Fsp3) is 0.923. The van der Waals surface area contributed by atoms with Gasteiger partial charge in [-0.25, -0.2) is 0 Å². The molecule has 0 aromatic rings. The summed E-state index contributed by atoms with van der Waals surface area (Å²) in [5.41, 5.74) is 0. The van der Waals surface area contributed by atoms with Gasteiger partial charge in [-0.1, -0.05) is 26.2 Å². The quantitative estimate of drug-likeness (QED) is 0.542. The molecule has 0 aromatic carbocycles. The topological polar surface area (TPSA) is 49.3 Å². The normalized spacial score (nSPS) is 26.3. The Kier molecular flexibility index (Phi) is 6.46. The van der Waals surface area contributed by atoms with E-state index in [0.29, 0.717) is 6.04 Å². The molecule has 0 heterocycles. The average molecular weight is 227 g/mol. The van der Waals surface area contributed by atoms with Gasteiger partial charge in [0, 0.05) is 12.5 Å². The summed E-state index contributed by atoms with van der Waals surface area (Å²) in [4.78, 5) is 10.4. The minimum Gasteiger partial charge on any atom is -0.481 e. The lowest BCUT2D eigenvalue weighted by molar-refractivity contribution is -0.137. The Morgan fingerprint density at radius 2 is 2.12 bits per heavy atom. The average Bonchev–Trinajstić information content (AvgIpc) is 2.49. The highest BCUT2D eigenvalue weighted by molar-refractivity contribution is 5.66. The molecule has 2 atom stereocenters. The Morgan fingerprint density at radius 3 is 2.81 bits per heavy atom. The van der Waals surface area contributed by atoms with Gasteiger partial charge in [-0.2, -0.15) is 0 Å². The highest BCUT2D eigenvalue weighted by Crippen LogP contribution is 2.25. The van der Waals surface area contributed by atoms with Gasteiger partial charge >= 0.3 is 5.97 Å². The van der Waals surface area contributed by atoms with Gasteiger partial charge in [-0.3, -0.25) is 4.79 Å². The second kappa shape index (κ2) is 7.66. The van der Waals surface area contributed by atoms with Gasteiger partial charge in [0.25, 0.3) is 0 Å². The Labute approximate surface area is 98.6 Å². The van der Waals surface area contributed by atoms with Gasteiger partial charge in [0.2, 0.25) is 0 Å². The smallest absolute Gasteiger partial charge is 0.303 e. The van der Waals surface area contributed by atoms with Crippen LogP contribution in [0.25, 0.3) is 0 Å². The molecule has 0 aromatic heterocycles. The summed E-state index contributed by atoms with van der Waals surface area (Å²) < 4.78 is 0. The zero-order valence-electron chi connectivity index (χ0n) is 10.4. The summed E-state index contributed by atoms with van der Waals surface area (Å²) in [6, 6.07) is 0.630. The molecule has 94 valence electrons. The van der Waals surface area contributed by atoms with Crippen molar-refractivity contribution in [2.45, 2.75) is 64.3 Å². The highest BCUT2D eigenvalue weighted by atomic mass is 16.4. The maximum absolute atomic E-state index is 10.4. The van der Waals surface area contributed by atoms with Gasteiger partial charge in [0.15, 0.2) is 0 Å². The molecule has 2 unspecified atom stereocenters. The summed E-state index contributed by atoms with van der Waals surface area (Å²) in [6.07, 6.45) is 8.94. The van der Waals surface area contributed by atoms with Crippen molar-refractivity contribution in [1.82, 2.24) is 5.32 Å². The standard InChI is InChI=1S/C13H25NO2/c1-2-11-5-3-6-12(9-8-11)14-10-4-7-13(15)16/h11-12,14H,2-10H2,1H3,(H,15,16). The highest BCUT2D eigenvalue weighted by Gasteiger charge is 2.16. The molecule has 1 fully saturated rings. The Morgan fingerprint density at radius 1 is 1.31 bits per heavy atom. The molecule has 0 aliphatic heterocycles. The summed E-state index contributed by atoms with van der Waals surface area (Å²) in [6.45, 7) is 3.14. The van der Waals surface area contributed by atoms with E-state index in [0.717, 1.165) is 18.9 Å². The molecule has 0 saturated heterocycles. The third-order valence-corrected chi connectivity index (χ3v) is 3.67. The predicted octanol–water partition coefficient (Wildman–Crippen LogP) is 2.80. The number of carbonyl (C=O) groups is 1. The van der Waals surface area contributed by atoms with Crippen molar-refractivity contribution in [1.29, 1.82) is 0 Å². The van der Waals surface area contributed by atoms with Crippen LogP contribution in [0.2, 0.25) is 0 Å². The Balaban J connectivity index is 2.10. The van der Waals surface area contributed by atoms with Gasteiger partial charge in [0.05, 0.1) is 0 Å². The second-order valence-electron chi connectivity index (χ2n) is 4.93. The maximum Gasteiger partial charge on any atom is 0.303 e. The number of rotatable bonds is 6. The minimum absolute atomic E-state index is 0.289. The Bertz CT molecular complexity index is 206. The van der Waals surface area contributed by atoms with Gasteiger partial charge in [-0.15, -0.1) is 0 Å². The first-order chi connectivity index (χ1) is 7.72. The Hall–Kier alpha value is -0.570. The van der Waals surface area contributed by atoms with Crippen LogP contribution in [0.4, 0.5) is 0 Å². The van der Waals surface area contributed by atoms with Gasteiger partial charge < -0.3 is 10.4 Å². The van der Waals surface area contributed by atoms with E-state index < -0.39 is 5.97 Å². The van der Waals surface area contributed by atoms with Crippen molar-refractivity contribution >= 4 is 5.97 Å². The van der Waals surface area contributed by atoms with Crippen LogP contribution in [-0.4, -0.2) is 23.7 Å². The molecule has 16 heavy (non-hydrogen) atoms. The monoisotopic (exact) mass is 227 g/mol. The molecule has 1 aliphatic carbocycles. The molecule has 1 aliphatic rings. The van der Waals surface area contributed by atoms with Crippen LogP contribution in [0.15, 0.2) is 0 Å². The number of carboxylic acids is 1. The number of hydrogen-bond acceptors (Lipinski definition) is 2. The molecule has 0 amide bonds. The van der Waals surface area contributed by atoms with E-state index in [1.165, 1.54) is 38.5 Å². The zero-order valence-corrected chi connectivity index (χ0v) is 10.4. The third kappa shape index (κ3) is 5.50. The van der Waals surface area contributed by atoms with Crippen LogP contribution < -0.4 is 5.32 Å². The molecule has 3 nitrogen and oxygen atoms in total. The van der Waals surface area contributed by atoms with Crippen molar-refractivity contribution < 1.29 is 9.90 Å². The van der Waals surface area contributed by atoms with Crippen molar-refractivity contribution in [3.05, 3.63) is 0 Å². The number of aliphatic carboxylic acids is 1. The first-order valence-electron chi connectivity index (χ1n) is 6.67. The van der Waals surface area contributed by atoms with Crippen molar-refractivity contribution in [2.24, 2.45) is 5.92 Å². The van der Waals surface area contributed by atoms with E-state index in [4.69, 9.17) is 5.11 Å². The summed E-state index contributed by atoms with van der Waals surface area (Å²) in [5, 5.41) is 12.0. The van der Waals surface area contributed by atoms with Crippen LogP contribution >= 0.6 is 0 Å².